The third kappa shape index (κ3) is 3.52. The summed E-state index contributed by atoms with van der Waals surface area (Å²) in [6, 6.07) is 10.6. The van der Waals surface area contributed by atoms with E-state index in [-0.39, 0.29) is 5.91 Å². The average Bonchev–Trinajstić information content (AvgIpc) is 3.00. The van der Waals surface area contributed by atoms with Gasteiger partial charge in [0, 0.05) is 21.3 Å². The van der Waals surface area contributed by atoms with Gasteiger partial charge in [0.05, 0.1) is 13.7 Å². The first-order valence-corrected chi connectivity index (χ1v) is 8.69. The molecule has 5 nitrogen and oxygen atoms in total. The fourth-order valence-electron chi connectivity index (χ4n) is 2.47. The molecule has 0 radical (unpaired) electrons. The second-order valence-corrected chi connectivity index (χ2v) is 6.41. The quantitative estimate of drug-likeness (QED) is 0.670. The maximum atomic E-state index is 13.0. The van der Waals surface area contributed by atoms with Gasteiger partial charge in [0.15, 0.2) is 10.6 Å². The molecule has 0 spiro atoms. The lowest BCUT2D eigenvalue weighted by molar-refractivity contribution is 0.0602. The van der Waals surface area contributed by atoms with E-state index in [1.165, 1.54) is 42.7 Å². The first kappa shape index (κ1) is 17.9. The molecule has 7 heteroatoms. The molecule has 0 fully saturated rings. The zero-order valence-corrected chi connectivity index (χ0v) is 15.0. The molecule has 0 aliphatic carbocycles. The Morgan fingerprint density at radius 2 is 1.88 bits per heavy atom. The van der Waals surface area contributed by atoms with Crippen LogP contribution in [-0.4, -0.2) is 25.6 Å². The van der Waals surface area contributed by atoms with Crippen molar-refractivity contribution in [1.29, 1.82) is 0 Å². The van der Waals surface area contributed by atoms with Crippen molar-refractivity contribution in [3.8, 4) is 5.75 Å². The van der Waals surface area contributed by atoms with E-state index >= 15 is 0 Å². The molecule has 0 bridgehead atoms. The third-order valence-corrected chi connectivity index (χ3v) is 4.80. The number of nitrogens with one attached hydrogen (secondary N) is 1. The number of ether oxygens (including phenoxy) is 2. The van der Waals surface area contributed by atoms with E-state index in [0.717, 1.165) is 4.70 Å². The average molecular weight is 373 g/mol. The van der Waals surface area contributed by atoms with E-state index in [1.807, 2.05) is 6.92 Å². The van der Waals surface area contributed by atoms with Crippen molar-refractivity contribution >= 4 is 39.0 Å². The Morgan fingerprint density at radius 3 is 2.54 bits per heavy atom. The van der Waals surface area contributed by atoms with Gasteiger partial charge in [-0.05, 0) is 49.4 Å². The van der Waals surface area contributed by atoms with Crippen molar-refractivity contribution in [2.24, 2.45) is 0 Å². The Labute approximate surface area is 153 Å². The van der Waals surface area contributed by atoms with E-state index in [2.05, 4.69) is 5.32 Å². The number of amides is 1. The molecule has 134 valence electrons. The summed E-state index contributed by atoms with van der Waals surface area (Å²) >= 11 is 1.27. The second-order valence-electron chi connectivity index (χ2n) is 5.36. The maximum Gasteiger partial charge on any atom is 0.351 e. The highest BCUT2D eigenvalue weighted by Crippen LogP contribution is 2.39. The molecule has 0 unspecified atom stereocenters. The number of halogens is 1. The van der Waals surface area contributed by atoms with Crippen molar-refractivity contribution < 1.29 is 23.5 Å². The largest absolute Gasteiger partial charge is 0.491 e. The van der Waals surface area contributed by atoms with E-state index in [4.69, 9.17) is 9.47 Å². The van der Waals surface area contributed by atoms with Gasteiger partial charge in [0.2, 0.25) is 0 Å². The summed E-state index contributed by atoms with van der Waals surface area (Å²) in [5.74, 6) is -0.785. The molecule has 3 aromatic rings. The maximum absolute atomic E-state index is 13.0. The number of methoxy groups -OCH3 is 1. The third-order valence-electron chi connectivity index (χ3n) is 3.67. The summed E-state index contributed by atoms with van der Waals surface area (Å²) in [4.78, 5) is 24.6. The van der Waals surface area contributed by atoms with Gasteiger partial charge < -0.3 is 14.8 Å². The van der Waals surface area contributed by atoms with Gasteiger partial charge in [-0.3, -0.25) is 4.79 Å². The summed E-state index contributed by atoms with van der Waals surface area (Å²) in [6.07, 6.45) is 0. The number of hydrogen-bond acceptors (Lipinski definition) is 5. The molecular weight excluding hydrogens is 357 g/mol. The van der Waals surface area contributed by atoms with Gasteiger partial charge in [-0.2, -0.15) is 0 Å². The minimum absolute atomic E-state index is 0.345. The lowest BCUT2D eigenvalue weighted by Crippen LogP contribution is -2.11. The number of rotatable bonds is 5. The molecule has 0 atom stereocenters. The first-order valence-electron chi connectivity index (χ1n) is 7.88. The van der Waals surface area contributed by atoms with Crippen LogP contribution in [-0.2, 0) is 4.74 Å². The van der Waals surface area contributed by atoms with Gasteiger partial charge in [0.1, 0.15) is 5.82 Å². The number of benzene rings is 2. The number of hydrogen-bond donors (Lipinski definition) is 1. The van der Waals surface area contributed by atoms with Gasteiger partial charge in [-0.1, -0.05) is 0 Å². The predicted octanol–water partition coefficient (Wildman–Crippen LogP) is 4.48. The number of carbonyl (C=O) groups is 2. The van der Waals surface area contributed by atoms with Crippen LogP contribution in [0.25, 0.3) is 10.1 Å². The molecule has 1 N–H and O–H groups in total. The van der Waals surface area contributed by atoms with E-state index in [0.29, 0.717) is 33.9 Å². The fraction of sp³-hybridized carbons (Fsp3) is 0.158. The van der Waals surface area contributed by atoms with Crippen LogP contribution in [0, 0.1) is 5.82 Å². The Hall–Kier alpha value is -2.93. The van der Waals surface area contributed by atoms with Crippen LogP contribution in [0.5, 0.6) is 5.75 Å². The molecule has 3 rings (SSSR count). The normalized spacial score (nSPS) is 10.6. The molecule has 1 heterocycles. The molecule has 26 heavy (non-hydrogen) atoms. The highest BCUT2D eigenvalue weighted by Gasteiger charge is 2.21. The van der Waals surface area contributed by atoms with Gasteiger partial charge in [-0.25, -0.2) is 9.18 Å². The molecule has 0 saturated heterocycles. The minimum atomic E-state index is -0.466. The van der Waals surface area contributed by atoms with Crippen molar-refractivity contribution in [1.82, 2.24) is 0 Å². The molecule has 0 aliphatic heterocycles. The summed E-state index contributed by atoms with van der Waals surface area (Å²) in [5, 5.41) is 3.48. The zero-order chi connectivity index (χ0) is 18.7. The van der Waals surface area contributed by atoms with E-state index in [1.54, 1.807) is 18.2 Å². The van der Waals surface area contributed by atoms with Gasteiger partial charge in [-0.15, -0.1) is 11.3 Å². The van der Waals surface area contributed by atoms with Crippen molar-refractivity contribution in [2.75, 3.05) is 19.0 Å². The SMILES string of the molecule is CCOc1c(C(=O)OC)sc2ccc(NC(=O)c3ccc(F)cc3)cc12. The van der Waals surface area contributed by atoms with Crippen LogP contribution in [0.3, 0.4) is 0 Å². The van der Waals surface area contributed by atoms with Gasteiger partial charge in [0.25, 0.3) is 5.91 Å². The van der Waals surface area contributed by atoms with Crippen LogP contribution >= 0.6 is 11.3 Å². The van der Waals surface area contributed by atoms with Crippen LogP contribution in [0.1, 0.15) is 27.0 Å². The lowest BCUT2D eigenvalue weighted by Gasteiger charge is -2.07. The topological polar surface area (TPSA) is 64.6 Å². The molecular formula is C19H16FNO4S. The summed E-state index contributed by atoms with van der Waals surface area (Å²) in [7, 11) is 1.32. The molecule has 2 aromatic carbocycles. The highest BCUT2D eigenvalue weighted by molar-refractivity contribution is 7.21. The Morgan fingerprint density at radius 1 is 1.15 bits per heavy atom. The highest BCUT2D eigenvalue weighted by atomic mass is 32.1. The lowest BCUT2D eigenvalue weighted by atomic mass is 10.2. The summed E-state index contributed by atoms with van der Waals surface area (Å²) in [5.41, 5.74) is 0.888. The Balaban J connectivity index is 1.95. The number of fused-ring (bicyclic) bond motifs is 1. The summed E-state index contributed by atoms with van der Waals surface area (Å²) < 4.78 is 24.3. The van der Waals surface area contributed by atoms with E-state index < -0.39 is 11.8 Å². The Bertz CT molecular complexity index is 966. The van der Waals surface area contributed by atoms with Crippen LogP contribution < -0.4 is 10.1 Å². The van der Waals surface area contributed by atoms with Crippen LogP contribution in [0.2, 0.25) is 0 Å². The zero-order valence-electron chi connectivity index (χ0n) is 14.2. The number of esters is 1. The number of anilines is 1. The van der Waals surface area contributed by atoms with Crippen molar-refractivity contribution in [3.63, 3.8) is 0 Å². The molecule has 1 aromatic heterocycles. The van der Waals surface area contributed by atoms with Crippen LogP contribution in [0.4, 0.5) is 10.1 Å². The Kier molecular flexibility index (Phi) is 5.18. The molecule has 1 amide bonds. The standard InChI is InChI=1S/C19H16FNO4S/c1-3-25-16-14-10-13(8-9-15(14)26-17(16)19(23)24-2)21-18(22)11-4-6-12(20)7-5-11/h4-10H,3H2,1-2H3,(H,21,22). The first-order chi connectivity index (χ1) is 12.5. The molecule has 0 saturated carbocycles. The van der Waals surface area contributed by atoms with Crippen molar-refractivity contribution in [3.05, 3.63) is 58.7 Å². The fourth-order valence-corrected chi connectivity index (χ4v) is 3.52. The van der Waals surface area contributed by atoms with Crippen LogP contribution in [0.15, 0.2) is 42.5 Å². The number of carbonyl (C=O) groups excluding carboxylic acids is 2. The predicted molar refractivity (Wildman–Crippen MR) is 98.7 cm³/mol. The minimum Gasteiger partial charge on any atom is -0.491 e. The monoisotopic (exact) mass is 373 g/mol. The van der Waals surface area contributed by atoms with Crippen molar-refractivity contribution in [2.45, 2.75) is 6.92 Å². The molecule has 0 aliphatic rings. The number of thiophene rings is 1. The van der Waals surface area contributed by atoms with E-state index in [9.17, 15) is 14.0 Å². The van der Waals surface area contributed by atoms with Gasteiger partial charge >= 0.3 is 5.97 Å². The summed E-state index contributed by atoms with van der Waals surface area (Å²) in [6.45, 7) is 2.21. The second kappa shape index (κ2) is 7.53. The smallest absolute Gasteiger partial charge is 0.351 e.